The third-order valence-corrected chi connectivity index (χ3v) is 5.83. The molecule has 0 aliphatic carbocycles. The first-order valence-corrected chi connectivity index (χ1v) is 10.9. The first-order valence-electron chi connectivity index (χ1n) is 7.68. The Morgan fingerprint density at radius 1 is 1.11 bits per heavy atom. The number of hydrogen-bond acceptors (Lipinski definition) is 7. The van der Waals surface area contributed by atoms with Crippen molar-refractivity contribution in [2.24, 2.45) is 0 Å². The molecule has 5 nitrogen and oxygen atoms in total. The van der Waals surface area contributed by atoms with Crippen molar-refractivity contribution in [1.29, 1.82) is 0 Å². The molecule has 0 aliphatic heterocycles. The zero-order valence-corrected chi connectivity index (χ0v) is 20.1. The summed E-state index contributed by atoms with van der Waals surface area (Å²) in [4.78, 5) is 33.9. The van der Waals surface area contributed by atoms with Crippen molar-refractivity contribution in [3.8, 4) is 0 Å². The van der Waals surface area contributed by atoms with E-state index in [1.54, 1.807) is 18.2 Å². The Balaban J connectivity index is 0.000000562. The minimum atomic E-state index is -0.795. The maximum Gasteiger partial charge on any atom is 0.337 e. The van der Waals surface area contributed by atoms with Gasteiger partial charge in [0.15, 0.2) is 12.4 Å². The summed E-state index contributed by atoms with van der Waals surface area (Å²) in [5, 5.41) is 0. The molecular formula is C18H20Br2O5S2. The van der Waals surface area contributed by atoms with Gasteiger partial charge in [-0.25, -0.2) is 4.79 Å². The van der Waals surface area contributed by atoms with Gasteiger partial charge in [0.25, 0.3) is 0 Å². The number of thiophene rings is 2. The smallest absolute Gasteiger partial charge is 0.337 e. The average molecular weight is 540 g/mol. The lowest BCUT2D eigenvalue weighted by Crippen LogP contribution is -2.16. The van der Waals surface area contributed by atoms with E-state index in [1.807, 2.05) is 19.9 Å². The van der Waals surface area contributed by atoms with Gasteiger partial charge in [0, 0.05) is 6.92 Å². The Morgan fingerprint density at radius 3 is 2.00 bits per heavy atom. The van der Waals surface area contributed by atoms with Crippen molar-refractivity contribution in [3.63, 3.8) is 0 Å². The summed E-state index contributed by atoms with van der Waals surface area (Å²) < 4.78 is 11.5. The molecule has 0 bridgehead atoms. The number of ether oxygens (including phenoxy) is 2. The molecule has 1 unspecified atom stereocenters. The first kappa shape index (κ1) is 25.7. The molecule has 0 amide bonds. The zero-order chi connectivity index (χ0) is 21.0. The predicted octanol–water partition coefficient (Wildman–Crippen LogP) is 6.19. The number of carbonyl (C=O) groups is 3. The van der Waals surface area contributed by atoms with Crippen LogP contribution in [-0.2, 0) is 19.1 Å². The Morgan fingerprint density at radius 2 is 1.67 bits per heavy atom. The van der Waals surface area contributed by atoms with E-state index < -0.39 is 18.0 Å². The fourth-order valence-corrected chi connectivity index (χ4v) is 4.29. The Hall–Kier alpha value is -1.29. The van der Waals surface area contributed by atoms with Gasteiger partial charge >= 0.3 is 11.9 Å². The average Bonchev–Trinajstić information content (AvgIpc) is 3.28. The number of aldehydes is 1. The van der Waals surface area contributed by atoms with Crippen molar-refractivity contribution >= 4 is 72.8 Å². The SMILES string of the molecule is C=C(C(=O)OC)C(OC(C)=O)c1ccc(Br)s1.CC.O=Cc1ccc(Br)s1. The van der Waals surface area contributed by atoms with E-state index in [9.17, 15) is 14.4 Å². The van der Waals surface area contributed by atoms with Crippen molar-refractivity contribution in [2.45, 2.75) is 26.9 Å². The second-order valence-corrected chi connectivity index (χ2v) is 9.40. The number of halogens is 2. The van der Waals surface area contributed by atoms with E-state index in [4.69, 9.17) is 4.74 Å². The lowest BCUT2D eigenvalue weighted by molar-refractivity contribution is -0.147. The van der Waals surface area contributed by atoms with Crippen LogP contribution in [0.4, 0.5) is 0 Å². The lowest BCUT2D eigenvalue weighted by atomic mass is 10.1. The highest BCUT2D eigenvalue weighted by Gasteiger charge is 2.25. The first-order chi connectivity index (χ1) is 12.8. The van der Waals surface area contributed by atoms with Crippen molar-refractivity contribution in [2.75, 3.05) is 7.11 Å². The monoisotopic (exact) mass is 538 g/mol. The minimum absolute atomic E-state index is 0.0945. The van der Waals surface area contributed by atoms with Gasteiger partial charge < -0.3 is 9.47 Å². The molecule has 1 atom stereocenters. The van der Waals surface area contributed by atoms with Crippen molar-refractivity contribution in [1.82, 2.24) is 0 Å². The molecule has 27 heavy (non-hydrogen) atoms. The molecule has 2 heterocycles. The number of methoxy groups -OCH3 is 1. The van der Waals surface area contributed by atoms with Crippen LogP contribution < -0.4 is 0 Å². The van der Waals surface area contributed by atoms with Crippen LogP contribution >= 0.6 is 54.5 Å². The van der Waals surface area contributed by atoms with E-state index in [-0.39, 0.29) is 5.57 Å². The summed E-state index contributed by atoms with van der Waals surface area (Å²) in [6, 6.07) is 7.20. The van der Waals surface area contributed by atoms with E-state index in [0.717, 1.165) is 18.7 Å². The van der Waals surface area contributed by atoms with Gasteiger partial charge in [-0.3, -0.25) is 9.59 Å². The highest BCUT2D eigenvalue weighted by atomic mass is 79.9. The van der Waals surface area contributed by atoms with Gasteiger partial charge in [-0.05, 0) is 56.1 Å². The molecule has 2 aromatic heterocycles. The normalized spacial score (nSPS) is 10.3. The fourth-order valence-electron chi connectivity index (χ4n) is 1.57. The summed E-state index contributed by atoms with van der Waals surface area (Å²) in [5.74, 6) is -1.08. The molecule has 0 N–H and O–H groups in total. The standard InChI is InChI=1S/C11H11BrO4S.C5H3BrOS.C2H6/c1-6(11(14)15-3)10(16-7(2)13)8-4-5-9(12)17-8;6-5-2-1-4(3-7)8-5;1-2/h4-5,10H,1H2,2-3H3;1-3H;1-2H3. The molecule has 0 saturated heterocycles. The largest absolute Gasteiger partial charge is 0.466 e. The van der Waals surface area contributed by atoms with Crippen LogP contribution in [0.15, 0.2) is 44.0 Å². The topological polar surface area (TPSA) is 69.7 Å². The molecule has 2 aromatic rings. The second kappa shape index (κ2) is 13.8. The zero-order valence-electron chi connectivity index (χ0n) is 15.3. The number of esters is 2. The molecule has 0 spiro atoms. The highest BCUT2D eigenvalue weighted by molar-refractivity contribution is 9.11. The maximum absolute atomic E-state index is 11.4. The summed E-state index contributed by atoms with van der Waals surface area (Å²) in [7, 11) is 1.25. The number of hydrogen-bond donors (Lipinski definition) is 0. The molecule has 2 rings (SSSR count). The quantitative estimate of drug-likeness (QED) is 0.257. The van der Waals surface area contributed by atoms with Crippen LogP contribution in [0.5, 0.6) is 0 Å². The predicted molar refractivity (Wildman–Crippen MR) is 116 cm³/mol. The van der Waals surface area contributed by atoms with Crippen LogP contribution in [-0.4, -0.2) is 25.3 Å². The van der Waals surface area contributed by atoms with Gasteiger partial charge in [-0.1, -0.05) is 20.4 Å². The summed E-state index contributed by atoms with van der Waals surface area (Å²) in [6.45, 7) is 8.88. The molecular weight excluding hydrogens is 520 g/mol. The molecule has 0 saturated carbocycles. The summed E-state index contributed by atoms with van der Waals surface area (Å²) >= 11 is 9.34. The van der Waals surface area contributed by atoms with Crippen LogP contribution in [0.1, 0.15) is 41.4 Å². The van der Waals surface area contributed by atoms with E-state index in [2.05, 4.69) is 43.2 Å². The Bertz CT molecular complexity index is 767. The van der Waals surface area contributed by atoms with Crippen molar-refractivity contribution in [3.05, 3.63) is 53.7 Å². The molecule has 148 valence electrons. The number of carbonyl (C=O) groups excluding carboxylic acids is 3. The van der Waals surface area contributed by atoms with Gasteiger partial charge in [-0.15, -0.1) is 22.7 Å². The maximum atomic E-state index is 11.4. The molecule has 0 aromatic carbocycles. The van der Waals surface area contributed by atoms with Crippen LogP contribution in [0, 0.1) is 0 Å². The summed E-state index contributed by atoms with van der Waals surface area (Å²) in [6.07, 6.45) is 0.0475. The molecule has 0 radical (unpaired) electrons. The second-order valence-electron chi connectivity index (χ2n) is 4.41. The molecule has 0 fully saturated rings. The van der Waals surface area contributed by atoms with Gasteiger partial charge in [0.2, 0.25) is 0 Å². The highest BCUT2D eigenvalue weighted by Crippen LogP contribution is 2.33. The lowest BCUT2D eigenvalue weighted by Gasteiger charge is -2.16. The minimum Gasteiger partial charge on any atom is -0.466 e. The Kier molecular flexibility index (Phi) is 13.2. The Labute approximate surface area is 183 Å². The third kappa shape index (κ3) is 9.46. The number of rotatable bonds is 5. The third-order valence-electron chi connectivity index (χ3n) is 2.61. The summed E-state index contributed by atoms with van der Waals surface area (Å²) in [5.41, 5.74) is 0.0945. The fraction of sp³-hybridized carbons (Fsp3) is 0.278. The van der Waals surface area contributed by atoms with Crippen molar-refractivity contribution < 1.29 is 23.9 Å². The van der Waals surface area contributed by atoms with Gasteiger partial charge in [-0.2, -0.15) is 0 Å². The van der Waals surface area contributed by atoms with E-state index in [0.29, 0.717) is 4.88 Å². The van der Waals surface area contributed by atoms with Crippen LogP contribution in [0.25, 0.3) is 0 Å². The van der Waals surface area contributed by atoms with E-state index in [1.165, 1.54) is 36.7 Å². The molecule has 9 heteroatoms. The molecule has 0 aliphatic rings. The van der Waals surface area contributed by atoms with Gasteiger partial charge in [0.05, 0.1) is 30.0 Å². The van der Waals surface area contributed by atoms with Crippen LogP contribution in [0.3, 0.4) is 0 Å². The van der Waals surface area contributed by atoms with E-state index >= 15 is 0 Å². The van der Waals surface area contributed by atoms with Gasteiger partial charge in [0.1, 0.15) is 0 Å². The van der Waals surface area contributed by atoms with Crippen LogP contribution in [0.2, 0.25) is 0 Å².